The molecule has 0 radical (unpaired) electrons. The van der Waals surface area contributed by atoms with Crippen LogP contribution in [0.25, 0.3) is 0 Å². The van der Waals surface area contributed by atoms with Gasteiger partial charge in [0.25, 0.3) is 0 Å². The summed E-state index contributed by atoms with van der Waals surface area (Å²) >= 11 is 3.33. The van der Waals surface area contributed by atoms with E-state index in [-0.39, 0.29) is 11.9 Å². The van der Waals surface area contributed by atoms with Crippen LogP contribution in [0.1, 0.15) is 18.1 Å². The average Bonchev–Trinajstić information content (AvgIpc) is 2.53. The highest BCUT2D eigenvalue weighted by atomic mass is 79.9. The van der Waals surface area contributed by atoms with Crippen molar-refractivity contribution in [2.75, 3.05) is 33.7 Å². The summed E-state index contributed by atoms with van der Waals surface area (Å²) in [6.45, 7) is 2.67. The number of hydrogen-bond acceptors (Lipinski definition) is 3. The van der Waals surface area contributed by atoms with E-state index in [4.69, 9.17) is 0 Å². The van der Waals surface area contributed by atoms with Crippen LogP contribution >= 0.6 is 15.9 Å². The molecule has 5 heteroatoms. The zero-order valence-corrected chi connectivity index (χ0v) is 12.9. The van der Waals surface area contributed by atoms with Crippen LogP contribution in [0.2, 0.25) is 0 Å². The van der Waals surface area contributed by atoms with E-state index >= 15 is 0 Å². The molecule has 1 fully saturated rings. The van der Waals surface area contributed by atoms with Gasteiger partial charge in [-0.25, -0.2) is 4.39 Å². The van der Waals surface area contributed by atoms with Gasteiger partial charge in [-0.15, -0.1) is 0 Å². The normalized spacial score (nSPS) is 24.2. The molecule has 1 aliphatic rings. The highest BCUT2D eigenvalue weighted by Crippen LogP contribution is 2.27. The summed E-state index contributed by atoms with van der Waals surface area (Å²) in [5, 5.41) is 10.5. The Bertz CT molecular complexity index is 443. The predicted octanol–water partition coefficient (Wildman–Crippen LogP) is 2.26. The minimum atomic E-state index is -0.817. The van der Waals surface area contributed by atoms with E-state index in [0.717, 1.165) is 30.5 Å². The van der Waals surface area contributed by atoms with E-state index in [0.29, 0.717) is 5.56 Å². The van der Waals surface area contributed by atoms with Gasteiger partial charge in [0, 0.05) is 16.6 Å². The molecule has 106 valence electrons. The molecule has 1 N–H and O–H groups in total. The van der Waals surface area contributed by atoms with Gasteiger partial charge >= 0.3 is 0 Å². The number of rotatable bonds is 2. The fourth-order valence-electron chi connectivity index (χ4n) is 2.60. The van der Waals surface area contributed by atoms with Crippen LogP contribution in [-0.4, -0.2) is 54.7 Å². The quantitative estimate of drug-likeness (QED) is 0.901. The molecule has 2 unspecified atom stereocenters. The summed E-state index contributed by atoms with van der Waals surface area (Å²) in [6, 6.07) is 4.62. The van der Waals surface area contributed by atoms with Gasteiger partial charge in [0.15, 0.2) is 0 Å². The average molecular weight is 331 g/mol. The molecule has 1 aromatic carbocycles. The van der Waals surface area contributed by atoms with Gasteiger partial charge in [-0.3, -0.25) is 4.90 Å². The van der Waals surface area contributed by atoms with Crippen molar-refractivity contribution in [2.45, 2.75) is 18.6 Å². The minimum absolute atomic E-state index is 0.0868. The lowest BCUT2D eigenvalue weighted by atomic mass is 10.0. The molecule has 2 rings (SSSR count). The topological polar surface area (TPSA) is 26.7 Å². The first-order valence-corrected chi connectivity index (χ1v) is 7.30. The maximum Gasteiger partial charge on any atom is 0.129 e. The third-order valence-corrected chi connectivity index (χ3v) is 4.25. The molecule has 1 heterocycles. The number of nitrogens with zero attached hydrogens (tertiary/aromatic N) is 2. The van der Waals surface area contributed by atoms with Crippen molar-refractivity contribution in [3.8, 4) is 0 Å². The lowest BCUT2D eigenvalue weighted by molar-refractivity contribution is 0.0547. The smallest absolute Gasteiger partial charge is 0.129 e. The van der Waals surface area contributed by atoms with Crippen LogP contribution < -0.4 is 0 Å². The van der Waals surface area contributed by atoms with E-state index in [9.17, 15) is 9.50 Å². The molecule has 1 aliphatic heterocycles. The van der Waals surface area contributed by atoms with Crippen molar-refractivity contribution in [2.24, 2.45) is 0 Å². The van der Waals surface area contributed by atoms with Crippen molar-refractivity contribution >= 4 is 15.9 Å². The second-order valence-corrected chi connectivity index (χ2v) is 6.19. The maximum absolute atomic E-state index is 13.9. The Labute approximate surface area is 122 Å². The molecule has 3 nitrogen and oxygen atoms in total. The summed E-state index contributed by atoms with van der Waals surface area (Å²) in [4.78, 5) is 4.31. The first-order valence-electron chi connectivity index (χ1n) is 6.51. The Balaban J connectivity index is 2.25. The van der Waals surface area contributed by atoms with Crippen LogP contribution in [0, 0.1) is 5.82 Å². The van der Waals surface area contributed by atoms with Gasteiger partial charge < -0.3 is 10.0 Å². The van der Waals surface area contributed by atoms with Crippen LogP contribution in [0.5, 0.6) is 0 Å². The number of hydrogen-bond donors (Lipinski definition) is 1. The molecule has 1 saturated heterocycles. The summed E-state index contributed by atoms with van der Waals surface area (Å²) < 4.78 is 14.7. The fourth-order valence-corrected chi connectivity index (χ4v) is 2.97. The molecule has 0 saturated carbocycles. The second kappa shape index (κ2) is 6.31. The summed E-state index contributed by atoms with van der Waals surface area (Å²) in [7, 11) is 4.03. The van der Waals surface area contributed by atoms with E-state index in [1.165, 1.54) is 6.07 Å². The van der Waals surface area contributed by atoms with Crippen molar-refractivity contribution in [3.63, 3.8) is 0 Å². The third-order valence-electron chi connectivity index (χ3n) is 3.76. The molecule has 19 heavy (non-hydrogen) atoms. The summed E-state index contributed by atoms with van der Waals surface area (Å²) in [5.74, 6) is -0.351. The van der Waals surface area contributed by atoms with E-state index in [2.05, 4.69) is 25.7 Å². The molecule has 0 spiro atoms. The van der Waals surface area contributed by atoms with Crippen molar-refractivity contribution < 1.29 is 9.50 Å². The zero-order chi connectivity index (χ0) is 14.0. The van der Waals surface area contributed by atoms with Crippen LogP contribution in [-0.2, 0) is 0 Å². The van der Waals surface area contributed by atoms with Gasteiger partial charge in [0.2, 0.25) is 0 Å². The molecule has 0 amide bonds. The standard InChI is InChI=1S/C14H20BrFN2O/c1-17-6-3-7-18(2)13(9-17)14(19)11-8-10(15)4-5-12(11)16/h4-5,8,13-14,19H,3,6-7,9H2,1-2H3. The largest absolute Gasteiger partial charge is 0.387 e. The molecular weight excluding hydrogens is 311 g/mol. The van der Waals surface area contributed by atoms with Gasteiger partial charge in [0.05, 0.1) is 12.1 Å². The van der Waals surface area contributed by atoms with Gasteiger partial charge in [-0.05, 0) is 51.8 Å². The Kier molecular flexibility index (Phi) is 4.95. The number of halogens is 2. The Morgan fingerprint density at radius 3 is 2.84 bits per heavy atom. The number of aliphatic hydroxyl groups excluding tert-OH is 1. The van der Waals surface area contributed by atoms with Crippen LogP contribution in [0.15, 0.2) is 22.7 Å². The molecule has 0 bridgehead atoms. The Morgan fingerprint density at radius 2 is 2.11 bits per heavy atom. The van der Waals surface area contributed by atoms with Crippen molar-refractivity contribution in [3.05, 3.63) is 34.1 Å². The van der Waals surface area contributed by atoms with Crippen molar-refractivity contribution in [1.29, 1.82) is 0 Å². The SMILES string of the molecule is CN1CCCN(C)C(C(O)c2cc(Br)ccc2F)C1. The minimum Gasteiger partial charge on any atom is -0.387 e. The fraction of sp³-hybridized carbons (Fsp3) is 0.571. The second-order valence-electron chi connectivity index (χ2n) is 5.27. The maximum atomic E-state index is 13.9. The van der Waals surface area contributed by atoms with E-state index in [1.807, 2.05) is 14.1 Å². The first kappa shape index (κ1) is 14.9. The molecule has 0 aliphatic carbocycles. The lowest BCUT2D eigenvalue weighted by Gasteiger charge is -2.32. The first-order chi connectivity index (χ1) is 8.99. The molecular formula is C14H20BrFN2O. The molecule has 1 aromatic rings. The number of aliphatic hydroxyl groups is 1. The van der Waals surface area contributed by atoms with Gasteiger partial charge in [-0.2, -0.15) is 0 Å². The van der Waals surface area contributed by atoms with Crippen LogP contribution in [0.3, 0.4) is 0 Å². The molecule has 0 aromatic heterocycles. The third kappa shape index (κ3) is 3.54. The van der Waals surface area contributed by atoms with Crippen LogP contribution in [0.4, 0.5) is 4.39 Å². The van der Waals surface area contributed by atoms with Gasteiger partial charge in [0.1, 0.15) is 5.82 Å². The van der Waals surface area contributed by atoms with Crippen molar-refractivity contribution in [1.82, 2.24) is 9.80 Å². The zero-order valence-electron chi connectivity index (χ0n) is 11.3. The Morgan fingerprint density at radius 1 is 1.37 bits per heavy atom. The van der Waals surface area contributed by atoms with E-state index in [1.54, 1.807) is 12.1 Å². The Hall–Kier alpha value is -0.490. The van der Waals surface area contributed by atoms with E-state index < -0.39 is 6.10 Å². The number of likely N-dealkylation sites (N-methyl/N-ethyl adjacent to an activating group) is 2. The monoisotopic (exact) mass is 330 g/mol. The predicted molar refractivity (Wildman–Crippen MR) is 77.6 cm³/mol. The van der Waals surface area contributed by atoms with Gasteiger partial charge in [-0.1, -0.05) is 15.9 Å². The number of benzene rings is 1. The summed E-state index contributed by atoms with van der Waals surface area (Å²) in [6.07, 6.45) is 0.250. The summed E-state index contributed by atoms with van der Waals surface area (Å²) in [5.41, 5.74) is 0.363. The highest BCUT2D eigenvalue weighted by Gasteiger charge is 2.29. The lowest BCUT2D eigenvalue weighted by Crippen LogP contribution is -2.42. The molecule has 2 atom stereocenters. The highest BCUT2D eigenvalue weighted by molar-refractivity contribution is 9.10.